The summed E-state index contributed by atoms with van der Waals surface area (Å²) in [6.45, 7) is 1.86. The lowest BCUT2D eigenvalue weighted by Gasteiger charge is -2.13. The maximum absolute atomic E-state index is 11.5. The number of aromatic nitrogens is 1. The molecule has 7 nitrogen and oxygen atoms in total. The number of nitro groups is 1. The zero-order valence-corrected chi connectivity index (χ0v) is 12.2. The van der Waals surface area contributed by atoms with Gasteiger partial charge in [-0.3, -0.25) is 10.1 Å². The number of nitrogens with zero attached hydrogens (tertiary/aromatic N) is 2. The van der Waals surface area contributed by atoms with Crippen molar-refractivity contribution in [2.75, 3.05) is 12.4 Å². The molecule has 0 amide bonds. The number of anilines is 1. The van der Waals surface area contributed by atoms with Gasteiger partial charge in [0.2, 0.25) is 5.82 Å². The van der Waals surface area contributed by atoms with E-state index in [0.29, 0.717) is 0 Å². The molecule has 0 saturated heterocycles. The molecule has 2 aromatic heterocycles. The van der Waals surface area contributed by atoms with E-state index in [0.717, 1.165) is 5.56 Å². The Balaban J connectivity index is 2.34. The van der Waals surface area contributed by atoms with Crippen molar-refractivity contribution in [2.45, 2.75) is 13.0 Å². The first-order chi connectivity index (χ1) is 10.0. The summed E-state index contributed by atoms with van der Waals surface area (Å²) >= 11 is 1.53. The van der Waals surface area contributed by atoms with Crippen LogP contribution in [0.4, 0.5) is 11.5 Å². The Hall–Kier alpha value is -2.48. The highest BCUT2D eigenvalue weighted by atomic mass is 32.1. The average Bonchev–Trinajstić information content (AvgIpc) is 3.00. The van der Waals surface area contributed by atoms with Crippen molar-refractivity contribution in [2.24, 2.45) is 0 Å². The predicted octanol–water partition coefficient (Wildman–Crippen LogP) is 3.01. The molecule has 0 aliphatic carbocycles. The van der Waals surface area contributed by atoms with E-state index in [1.807, 2.05) is 23.8 Å². The van der Waals surface area contributed by atoms with Gasteiger partial charge in [-0.25, -0.2) is 9.78 Å². The molecule has 21 heavy (non-hydrogen) atoms. The summed E-state index contributed by atoms with van der Waals surface area (Å²) in [4.78, 5) is 26.0. The van der Waals surface area contributed by atoms with E-state index in [1.54, 1.807) is 0 Å². The molecule has 1 N–H and O–H groups in total. The fourth-order valence-corrected chi connectivity index (χ4v) is 2.49. The van der Waals surface area contributed by atoms with Gasteiger partial charge in [0.05, 0.1) is 18.1 Å². The molecule has 2 aromatic rings. The zero-order chi connectivity index (χ0) is 15.4. The number of nitrogens with one attached hydrogen (secondary N) is 1. The van der Waals surface area contributed by atoms with Gasteiger partial charge in [-0.05, 0) is 35.4 Å². The van der Waals surface area contributed by atoms with Gasteiger partial charge in [-0.2, -0.15) is 11.3 Å². The van der Waals surface area contributed by atoms with Crippen molar-refractivity contribution in [3.63, 3.8) is 0 Å². The lowest BCUT2D eigenvalue weighted by molar-refractivity contribution is -0.384. The van der Waals surface area contributed by atoms with E-state index in [1.165, 1.54) is 30.6 Å². The Morgan fingerprint density at radius 1 is 1.48 bits per heavy atom. The first kappa shape index (κ1) is 14.9. The average molecular weight is 307 g/mol. The van der Waals surface area contributed by atoms with E-state index in [4.69, 9.17) is 0 Å². The molecular formula is C13H13N3O4S. The monoisotopic (exact) mass is 307 g/mol. The van der Waals surface area contributed by atoms with Crippen LogP contribution in [0.3, 0.4) is 0 Å². The molecule has 2 heterocycles. The number of esters is 1. The highest BCUT2D eigenvalue weighted by Gasteiger charge is 2.20. The first-order valence-corrected chi connectivity index (χ1v) is 6.99. The number of methoxy groups -OCH3 is 1. The van der Waals surface area contributed by atoms with Crippen molar-refractivity contribution in [3.05, 3.63) is 50.3 Å². The Morgan fingerprint density at radius 3 is 2.81 bits per heavy atom. The molecule has 110 valence electrons. The number of hydrogen-bond donors (Lipinski definition) is 1. The van der Waals surface area contributed by atoms with Crippen LogP contribution in [-0.4, -0.2) is 23.0 Å². The first-order valence-electron chi connectivity index (χ1n) is 6.05. The number of carbonyl (C=O) groups excluding carboxylic acids is 1. The van der Waals surface area contributed by atoms with Crippen LogP contribution in [0.1, 0.15) is 29.0 Å². The minimum atomic E-state index is -0.642. The van der Waals surface area contributed by atoms with Gasteiger partial charge in [0.25, 0.3) is 0 Å². The third-order valence-electron chi connectivity index (χ3n) is 2.86. The van der Waals surface area contributed by atoms with Gasteiger partial charge in [0.15, 0.2) is 5.69 Å². The highest BCUT2D eigenvalue weighted by Crippen LogP contribution is 2.27. The Labute approximate surface area is 124 Å². The summed E-state index contributed by atoms with van der Waals surface area (Å²) in [6.07, 6.45) is 0. The SMILES string of the molecule is COC(=O)c1ccc([N+](=O)[O-])c(NC(C)c2ccsc2)n1. The van der Waals surface area contributed by atoms with Gasteiger partial charge in [0, 0.05) is 6.07 Å². The zero-order valence-electron chi connectivity index (χ0n) is 11.4. The van der Waals surface area contributed by atoms with Gasteiger partial charge in [-0.1, -0.05) is 0 Å². The van der Waals surface area contributed by atoms with Crippen molar-refractivity contribution in [1.29, 1.82) is 0 Å². The molecule has 0 aliphatic rings. The van der Waals surface area contributed by atoms with Crippen LogP contribution in [0.5, 0.6) is 0 Å². The van der Waals surface area contributed by atoms with Crippen LogP contribution in [0.15, 0.2) is 29.0 Å². The standard InChI is InChI=1S/C13H13N3O4S/c1-8(9-5-6-21-7-9)14-12-11(16(18)19)4-3-10(15-12)13(17)20-2/h3-8H,1-2H3,(H,14,15). The van der Waals surface area contributed by atoms with Crippen molar-refractivity contribution in [3.8, 4) is 0 Å². The third-order valence-corrected chi connectivity index (χ3v) is 3.56. The minimum Gasteiger partial charge on any atom is -0.464 e. The number of ether oxygens (including phenoxy) is 1. The van der Waals surface area contributed by atoms with Crippen LogP contribution >= 0.6 is 11.3 Å². The topological polar surface area (TPSA) is 94.4 Å². The van der Waals surface area contributed by atoms with E-state index < -0.39 is 10.9 Å². The van der Waals surface area contributed by atoms with Crippen molar-refractivity contribution in [1.82, 2.24) is 4.98 Å². The van der Waals surface area contributed by atoms with Gasteiger partial charge in [0.1, 0.15) is 0 Å². The summed E-state index contributed by atoms with van der Waals surface area (Å²) in [5, 5.41) is 17.9. The predicted molar refractivity (Wildman–Crippen MR) is 78.6 cm³/mol. The molecule has 0 spiro atoms. The molecule has 0 saturated carbocycles. The summed E-state index contributed by atoms with van der Waals surface area (Å²) in [7, 11) is 1.23. The lowest BCUT2D eigenvalue weighted by atomic mass is 10.2. The largest absolute Gasteiger partial charge is 0.464 e. The highest BCUT2D eigenvalue weighted by molar-refractivity contribution is 7.07. The van der Waals surface area contributed by atoms with E-state index in [2.05, 4.69) is 15.0 Å². The Bertz CT molecular complexity index is 657. The van der Waals surface area contributed by atoms with Crippen molar-refractivity contribution < 1.29 is 14.5 Å². The Kier molecular flexibility index (Phi) is 4.49. The molecule has 2 rings (SSSR count). The smallest absolute Gasteiger partial charge is 0.356 e. The summed E-state index contributed by atoms with van der Waals surface area (Å²) < 4.78 is 4.57. The number of thiophene rings is 1. The van der Waals surface area contributed by atoms with Gasteiger partial charge >= 0.3 is 11.7 Å². The summed E-state index contributed by atoms with van der Waals surface area (Å²) in [6, 6.07) is 4.25. The van der Waals surface area contributed by atoms with Crippen molar-refractivity contribution >= 4 is 28.8 Å². The van der Waals surface area contributed by atoms with Gasteiger partial charge < -0.3 is 10.1 Å². The third kappa shape index (κ3) is 3.34. The maximum atomic E-state index is 11.5. The number of hydrogen-bond acceptors (Lipinski definition) is 7. The molecule has 0 bridgehead atoms. The lowest BCUT2D eigenvalue weighted by Crippen LogP contribution is -2.12. The normalized spacial score (nSPS) is 11.7. The van der Waals surface area contributed by atoms with Crippen LogP contribution in [0, 0.1) is 10.1 Å². The van der Waals surface area contributed by atoms with Crippen LogP contribution in [-0.2, 0) is 4.74 Å². The molecule has 0 fully saturated rings. The summed E-state index contributed by atoms with van der Waals surface area (Å²) in [5.74, 6) is -0.599. The maximum Gasteiger partial charge on any atom is 0.356 e. The molecule has 8 heteroatoms. The second kappa shape index (κ2) is 6.31. The number of carbonyl (C=O) groups is 1. The molecule has 1 unspecified atom stereocenters. The number of rotatable bonds is 5. The minimum absolute atomic E-state index is 0.0168. The van der Waals surface area contributed by atoms with E-state index in [-0.39, 0.29) is 23.2 Å². The molecule has 0 aromatic carbocycles. The Morgan fingerprint density at radius 2 is 2.24 bits per heavy atom. The quantitative estimate of drug-likeness (QED) is 0.518. The van der Waals surface area contributed by atoms with Crippen LogP contribution in [0.25, 0.3) is 0 Å². The van der Waals surface area contributed by atoms with E-state index in [9.17, 15) is 14.9 Å². The second-order valence-electron chi connectivity index (χ2n) is 4.24. The fourth-order valence-electron chi connectivity index (χ4n) is 1.73. The molecular weight excluding hydrogens is 294 g/mol. The van der Waals surface area contributed by atoms with Crippen LogP contribution in [0.2, 0.25) is 0 Å². The second-order valence-corrected chi connectivity index (χ2v) is 5.02. The molecule has 1 atom stereocenters. The molecule has 0 aliphatic heterocycles. The van der Waals surface area contributed by atoms with Gasteiger partial charge in [-0.15, -0.1) is 0 Å². The molecule has 0 radical (unpaired) electrons. The van der Waals surface area contributed by atoms with E-state index >= 15 is 0 Å². The fraction of sp³-hybridized carbons (Fsp3) is 0.231. The van der Waals surface area contributed by atoms with Crippen LogP contribution < -0.4 is 5.32 Å². The summed E-state index contributed by atoms with van der Waals surface area (Å²) in [5.41, 5.74) is 0.812. The number of pyridine rings is 1.